The Hall–Kier alpha value is -2.08. The summed E-state index contributed by atoms with van der Waals surface area (Å²) in [5, 5.41) is 3.21. The molecule has 0 atom stereocenters. The third-order valence-electron chi connectivity index (χ3n) is 2.68. The molecule has 1 aromatic carbocycles. The summed E-state index contributed by atoms with van der Waals surface area (Å²) in [6, 6.07) is 9.38. The van der Waals surface area contributed by atoms with E-state index in [-0.39, 0.29) is 0 Å². The Labute approximate surface area is 116 Å². The van der Waals surface area contributed by atoms with Gasteiger partial charge in [0.25, 0.3) is 0 Å². The Kier molecular flexibility index (Phi) is 3.08. The average Bonchev–Trinajstić information content (AvgIpc) is 2.77. The van der Waals surface area contributed by atoms with Crippen molar-refractivity contribution in [3.05, 3.63) is 57.1 Å². The second-order valence-electron chi connectivity index (χ2n) is 4.06. The van der Waals surface area contributed by atoms with Crippen molar-refractivity contribution in [3.8, 4) is 0 Å². The zero-order valence-corrected chi connectivity index (χ0v) is 11.4. The van der Waals surface area contributed by atoms with Crippen molar-refractivity contribution in [3.63, 3.8) is 0 Å². The number of H-pyrrole nitrogens is 1. The second-order valence-corrected chi connectivity index (χ2v) is 4.98. The van der Waals surface area contributed by atoms with Gasteiger partial charge in [-0.25, -0.2) is 9.78 Å². The van der Waals surface area contributed by atoms with Gasteiger partial charge in [-0.15, -0.1) is 0 Å². The molecule has 0 unspecified atom stereocenters. The number of halogens is 1. The Morgan fingerprint density at radius 1 is 1.32 bits per heavy atom. The number of nitrogens with zero attached hydrogens (tertiary/aromatic N) is 1. The van der Waals surface area contributed by atoms with Gasteiger partial charge in [-0.1, -0.05) is 6.07 Å². The Bertz CT molecular complexity index is 761. The number of pyridine rings is 1. The lowest BCUT2D eigenvalue weighted by Gasteiger charge is -2.05. The van der Waals surface area contributed by atoms with Crippen molar-refractivity contribution in [2.45, 2.75) is 6.54 Å². The van der Waals surface area contributed by atoms with Crippen LogP contribution in [0.1, 0.15) is 5.56 Å². The van der Waals surface area contributed by atoms with Crippen LogP contribution in [0.25, 0.3) is 11.1 Å². The number of benzene rings is 1. The highest BCUT2D eigenvalue weighted by Gasteiger charge is 2.02. The number of hydrogen-bond donors (Lipinski definition) is 2. The molecule has 0 fully saturated rings. The maximum absolute atomic E-state index is 11.1. The first-order valence-electron chi connectivity index (χ1n) is 5.68. The minimum Gasteiger partial charge on any atom is -0.408 e. The van der Waals surface area contributed by atoms with Gasteiger partial charge in [0.1, 0.15) is 5.82 Å². The van der Waals surface area contributed by atoms with Crippen LogP contribution in [0.5, 0.6) is 0 Å². The van der Waals surface area contributed by atoms with Crippen molar-refractivity contribution >= 4 is 32.8 Å². The zero-order chi connectivity index (χ0) is 13.2. The molecule has 0 spiro atoms. The number of hydrogen-bond acceptors (Lipinski definition) is 4. The van der Waals surface area contributed by atoms with Crippen LogP contribution in [0.15, 0.2) is 50.2 Å². The number of aromatic nitrogens is 2. The van der Waals surface area contributed by atoms with Crippen molar-refractivity contribution < 1.29 is 4.42 Å². The lowest BCUT2D eigenvalue weighted by atomic mass is 10.2. The highest BCUT2D eigenvalue weighted by atomic mass is 79.9. The van der Waals surface area contributed by atoms with Crippen LogP contribution in [-0.2, 0) is 6.54 Å². The van der Waals surface area contributed by atoms with E-state index in [1.165, 1.54) is 0 Å². The molecule has 96 valence electrons. The summed E-state index contributed by atoms with van der Waals surface area (Å²) >= 11 is 3.34. The molecule has 6 heteroatoms. The van der Waals surface area contributed by atoms with Crippen LogP contribution >= 0.6 is 15.9 Å². The topological polar surface area (TPSA) is 70.9 Å². The molecular formula is C13H10BrN3O2. The quantitative estimate of drug-likeness (QED) is 0.778. The second kappa shape index (κ2) is 4.89. The van der Waals surface area contributed by atoms with Crippen molar-refractivity contribution in [1.29, 1.82) is 0 Å². The van der Waals surface area contributed by atoms with E-state index in [2.05, 4.69) is 31.2 Å². The molecule has 19 heavy (non-hydrogen) atoms. The summed E-state index contributed by atoms with van der Waals surface area (Å²) in [7, 11) is 0. The molecule has 0 radical (unpaired) electrons. The standard InChI is InChI=1S/C13H10BrN3O2/c14-9-2-4-12(16-7-9)15-6-8-1-3-11-10(5-8)17-13(18)19-11/h1-5,7H,6H2,(H,15,16)(H,17,18). The first kappa shape index (κ1) is 12.0. The van der Waals surface area contributed by atoms with E-state index in [9.17, 15) is 4.79 Å². The lowest BCUT2D eigenvalue weighted by Crippen LogP contribution is -2.00. The minimum atomic E-state index is -0.435. The van der Waals surface area contributed by atoms with Gasteiger partial charge in [0.05, 0.1) is 5.52 Å². The van der Waals surface area contributed by atoms with E-state index in [4.69, 9.17) is 4.42 Å². The van der Waals surface area contributed by atoms with Gasteiger partial charge in [-0.05, 0) is 45.8 Å². The van der Waals surface area contributed by atoms with Crippen molar-refractivity contribution in [1.82, 2.24) is 9.97 Å². The van der Waals surface area contributed by atoms with Gasteiger partial charge < -0.3 is 9.73 Å². The van der Waals surface area contributed by atoms with E-state index in [1.807, 2.05) is 24.3 Å². The molecular weight excluding hydrogens is 310 g/mol. The highest BCUT2D eigenvalue weighted by molar-refractivity contribution is 9.10. The predicted octanol–water partition coefficient (Wildman–Crippen LogP) is 2.89. The van der Waals surface area contributed by atoms with Crippen molar-refractivity contribution in [2.24, 2.45) is 0 Å². The number of rotatable bonds is 3. The maximum atomic E-state index is 11.1. The maximum Gasteiger partial charge on any atom is 0.417 e. The first-order valence-corrected chi connectivity index (χ1v) is 6.47. The molecule has 0 aliphatic rings. The lowest BCUT2D eigenvalue weighted by molar-refractivity contribution is 0.555. The predicted molar refractivity (Wildman–Crippen MR) is 76.1 cm³/mol. The summed E-state index contributed by atoms with van der Waals surface area (Å²) in [5.74, 6) is 0.360. The summed E-state index contributed by atoms with van der Waals surface area (Å²) < 4.78 is 5.89. The van der Waals surface area contributed by atoms with Crippen LogP contribution in [-0.4, -0.2) is 9.97 Å². The van der Waals surface area contributed by atoms with Gasteiger partial charge in [-0.2, -0.15) is 0 Å². The van der Waals surface area contributed by atoms with Crippen LogP contribution < -0.4 is 11.1 Å². The summed E-state index contributed by atoms with van der Waals surface area (Å²) in [4.78, 5) is 17.9. The van der Waals surface area contributed by atoms with E-state index in [0.717, 1.165) is 15.9 Å². The molecule has 3 aromatic rings. The smallest absolute Gasteiger partial charge is 0.408 e. The fourth-order valence-electron chi connectivity index (χ4n) is 1.78. The molecule has 0 aliphatic carbocycles. The molecule has 2 aromatic heterocycles. The zero-order valence-electron chi connectivity index (χ0n) is 9.81. The van der Waals surface area contributed by atoms with Gasteiger partial charge in [-0.3, -0.25) is 4.98 Å². The van der Waals surface area contributed by atoms with Crippen LogP contribution in [0.2, 0.25) is 0 Å². The number of nitrogens with one attached hydrogen (secondary N) is 2. The third-order valence-corrected chi connectivity index (χ3v) is 3.15. The summed E-state index contributed by atoms with van der Waals surface area (Å²) in [5.41, 5.74) is 2.30. The highest BCUT2D eigenvalue weighted by Crippen LogP contribution is 2.14. The molecule has 5 nitrogen and oxygen atoms in total. The molecule has 0 aliphatic heterocycles. The Balaban J connectivity index is 1.77. The molecule has 0 saturated carbocycles. The van der Waals surface area contributed by atoms with Crippen LogP contribution in [0.3, 0.4) is 0 Å². The summed E-state index contributed by atoms with van der Waals surface area (Å²) in [6.07, 6.45) is 1.74. The van der Waals surface area contributed by atoms with Gasteiger partial charge >= 0.3 is 5.76 Å². The fraction of sp³-hybridized carbons (Fsp3) is 0.0769. The van der Waals surface area contributed by atoms with Gasteiger partial charge in [0, 0.05) is 17.2 Å². The molecule has 0 bridgehead atoms. The number of oxazole rings is 1. The van der Waals surface area contributed by atoms with E-state index >= 15 is 0 Å². The number of anilines is 1. The fourth-order valence-corrected chi connectivity index (χ4v) is 2.02. The van der Waals surface area contributed by atoms with Gasteiger partial charge in [0.15, 0.2) is 5.58 Å². The van der Waals surface area contributed by atoms with E-state index in [0.29, 0.717) is 17.6 Å². The molecule has 0 amide bonds. The van der Waals surface area contributed by atoms with Gasteiger partial charge in [0.2, 0.25) is 0 Å². The normalized spacial score (nSPS) is 10.8. The first-order chi connectivity index (χ1) is 9.20. The number of aromatic amines is 1. The largest absolute Gasteiger partial charge is 0.417 e. The summed E-state index contributed by atoms with van der Waals surface area (Å²) in [6.45, 7) is 0.623. The Morgan fingerprint density at radius 2 is 2.21 bits per heavy atom. The van der Waals surface area contributed by atoms with E-state index < -0.39 is 5.76 Å². The molecule has 3 rings (SSSR count). The number of fused-ring (bicyclic) bond motifs is 1. The SMILES string of the molecule is O=c1[nH]c2cc(CNc3ccc(Br)cn3)ccc2o1. The Morgan fingerprint density at radius 3 is 3.00 bits per heavy atom. The molecule has 0 saturated heterocycles. The third kappa shape index (κ3) is 2.68. The monoisotopic (exact) mass is 319 g/mol. The van der Waals surface area contributed by atoms with Crippen LogP contribution in [0.4, 0.5) is 5.82 Å². The average molecular weight is 320 g/mol. The van der Waals surface area contributed by atoms with Crippen molar-refractivity contribution in [2.75, 3.05) is 5.32 Å². The van der Waals surface area contributed by atoms with Crippen LogP contribution in [0, 0.1) is 0 Å². The minimum absolute atomic E-state index is 0.435. The molecule has 2 N–H and O–H groups in total. The van der Waals surface area contributed by atoms with E-state index in [1.54, 1.807) is 12.3 Å². The molecule has 2 heterocycles.